The average molecular weight is 738 g/mol. The van der Waals surface area contributed by atoms with Gasteiger partial charge in [0.2, 0.25) is 5.88 Å². The van der Waals surface area contributed by atoms with Crippen molar-refractivity contribution < 1.29 is 60.6 Å². The van der Waals surface area contributed by atoms with Crippen LogP contribution in [0.3, 0.4) is 0 Å². The summed E-state index contributed by atoms with van der Waals surface area (Å²) in [4.78, 5) is 61.1. The van der Waals surface area contributed by atoms with E-state index in [1.54, 1.807) is 19.9 Å². The van der Waals surface area contributed by atoms with E-state index in [1.165, 1.54) is 31.3 Å². The van der Waals surface area contributed by atoms with Gasteiger partial charge in [0.25, 0.3) is 15.9 Å². The highest BCUT2D eigenvalue weighted by Gasteiger charge is 2.52. The molecule has 3 N–H and O–H groups in total. The Morgan fingerprint density at radius 1 is 0.920 bits per heavy atom. The van der Waals surface area contributed by atoms with Crippen LogP contribution < -0.4 is 15.4 Å². The Morgan fingerprint density at radius 2 is 1.50 bits per heavy atom. The summed E-state index contributed by atoms with van der Waals surface area (Å²) in [5, 5.41) is 18.9. The first-order valence-corrected chi connectivity index (χ1v) is 17.0. The number of carbonyl (C=O) groups is 5. The van der Waals surface area contributed by atoms with Gasteiger partial charge in [0.1, 0.15) is 24.4 Å². The summed E-state index contributed by atoms with van der Waals surface area (Å²) in [6.45, 7) is 7.17. The number of anilines is 2. The number of nitrogens with zero attached hydrogens (tertiary/aromatic N) is 2. The van der Waals surface area contributed by atoms with Crippen molar-refractivity contribution in [2.75, 3.05) is 23.7 Å². The Labute approximate surface area is 291 Å². The maximum atomic E-state index is 13.3. The Balaban J connectivity index is 1.92. The van der Waals surface area contributed by atoms with Crippen molar-refractivity contribution in [2.24, 2.45) is 0 Å². The van der Waals surface area contributed by atoms with Gasteiger partial charge in [-0.3, -0.25) is 24.0 Å². The van der Waals surface area contributed by atoms with E-state index in [-0.39, 0.29) is 21.5 Å². The van der Waals surface area contributed by atoms with Crippen LogP contribution in [0, 0.1) is 25.2 Å². The quantitative estimate of drug-likeness (QED) is 0.115. The van der Waals surface area contributed by atoms with Crippen molar-refractivity contribution in [3.05, 3.63) is 46.1 Å². The van der Waals surface area contributed by atoms with Crippen LogP contribution in [-0.2, 0) is 57.7 Å². The molecule has 0 spiro atoms. The number of benzene rings is 1. The fourth-order valence-corrected chi connectivity index (χ4v) is 6.65. The first kappa shape index (κ1) is 39.3. The summed E-state index contributed by atoms with van der Waals surface area (Å²) >= 11 is 0.699. The molecule has 0 saturated carbocycles. The topological polar surface area (TPSA) is 252 Å². The lowest BCUT2D eigenvalue weighted by atomic mass is 9.99. The van der Waals surface area contributed by atoms with E-state index in [2.05, 4.69) is 20.5 Å². The molecular weight excluding hydrogens is 702 g/mol. The van der Waals surface area contributed by atoms with E-state index in [1.807, 2.05) is 0 Å². The maximum absolute atomic E-state index is 13.3. The summed E-state index contributed by atoms with van der Waals surface area (Å²) in [5.41, 5.74) is -0.658. The van der Waals surface area contributed by atoms with Crippen LogP contribution in [0.2, 0.25) is 0 Å². The standard InChI is InChI=1S/C30H35N5O13S2/c1-14-15(2)34-48-28(14)35-50(41,42)21-10-8-20(9-11-21)33-27(40)22(12-31)29(32-7)49-30-26(46-19(6)39)25(45-18(5)38)24(44-17(4)37)23(47-30)13-43-16(3)36/h8-11,23-26,30,32,35H,13H2,1-7H3,(H,33,40)/b29-22+/t23-,24-,25+,26-,30+/m1/s1. The average Bonchev–Trinajstić information content (AvgIpc) is 3.33. The summed E-state index contributed by atoms with van der Waals surface area (Å²) in [5.74, 6) is -4.14. The molecule has 2 heterocycles. The van der Waals surface area contributed by atoms with Crippen LogP contribution in [0.15, 0.2) is 44.3 Å². The molecule has 0 aliphatic carbocycles. The van der Waals surface area contributed by atoms with Gasteiger partial charge in [0.05, 0.1) is 15.6 Å². The molecule has 1 saturated heterocycles. The molecule has 2 aromatic rings. The van der Waals surface area contributed by atoms with Gasteiger partial charge in [-0.25, -0.2) is 13.1 Å². The van der Waals surface area contributed by atoms with Gasteiger partial charge in [-0.05, 0) is 38.1 Å². The molecule has 1 aromatic carbocycles. The first-order chi connectivity index (χ1) is 23.5. The van der Waals surface area contributed by atoms with E-state index >= 15 is 0 Å². The van der Waals surface area contributed by atoms with Crippen molar-refractivity contribution in [1.29, 1.82) is 5.26 Å². The van der Waals surface area contributed by atoms with E-state index in [0.29, 0.717) is 23.0 Å². The number of amides is 1. The molecule has 1 aliphatic rings. The van der Waals surface area contributed by atoms with Crippen LogP contribution in [0.1, 0.15) is 39.0 Å². The molecule has 0 bridgehead atoms. The molecule has 270 valence electrons. The molecule has 1 aliphatic heterocycles. The van der Waals surface area contributed by atoms with Crippen molar-refractivity contribution in [2.45, 2.75) is 76.3 Å². The Kier molecular flexibility index (Phi) is 13.4. The van der Waals surface area contributed by atoms with Crippen molar-refractivity contribution in [1.82, 2.24) is 10.5 Å². The van der Waals surface area contributed by atoms with Crippen molar-refractivity contribution in [3.8, 4) is 6.07 Å². The SMILES string of the molecule is CN/C(S[C@@H]1O[C@H](COC(C)=O)[C@@H](OC(C)=O)[C@H](OC(C)=O)[C@H]1OC(C)=O)=C(/C#N)C(=O)Nc1ccc(S(=O)(=O)Nc2onc(C)c2C)cc1. The normalized spacial score (nSPS) is 20.6. The van der Waals surface area contributed by atoms with Crippen LogP contribution in [0.5, 0.6) is 0 Å². The van der Waals surface area contributed by atoms with E-state index in [0.717, 1.165) is 27.7 Å². The fourth-order valence-electron chi connectivity index (χ4n) is 4.45. The molecule has 1 fully saturated rings. The highest BCUT2D eigenvalue weighted by Crippen LogP contribution is 2.37. The summed E-state index contributed by atoms with van der Waals surface area (Å²) < 4.78 is 60.4. The number of nitrogens with one attached hydrogen (secondary N) is 3. The second-order valence-electron chi connectivity index (χ2n) is 10.6. The molecule has 1 aromatic heterocycles. The predicted molar refractivity (Wildman–Crippen MR) is 173 cm³/mol. The molecule has 0 radical (unpaired) electrons. The molecule has 1 amide bonds. The van der Waals surface area contributed by atoms with E-state index in [4.69, 9.17) is 28.2 Å². The first-order valence-electron chi connectivity index (χ1n) is 14.6. The minimum atomic E-state index is -4.08. The number of aromatic nitrogens is 1. The number of hydrogen-bond acceptors (Lipinski definition) is 17. The van der Waals surface area contributed by atoms with Crippen LogP contribution in [0.4, 0.5) is 11.6 Å². The Bertz CT molecular complexity index is 1800. The zero-order chi connectivity index (χ0) is 37.3. The molecule has 20 heteroatoms. The molecule has 5 atom stereocenters. The minimum Gasteiger partial charge on any atom is -0.463 e. The van der Waals surface area contributed by atoms with Gasteiger partial charge < -0.3 is 38.8 Å². The smallest absolute Gasteiger partial charge is 0.303 e. The summed E-state index contributed by atoms with van der Waals surface area (Å²) in [7, 11) is -2.69. The number of aryl methyl sites for hydroxylation is 1. The van der Waals surface area contributed by atoms with E-state index < -0.39 is 81.8 Å². The third kappa shape index (κ3) is 10.2. The van der Waals surface area contributed by atoms with Gasteiger partial charge >= 0.3 is 23.9 Å². The lowest BCUT2D eigenvalue weighted by Gasteiger charge is -2.44. The number of hydrogen-bond donors (Lipinski definition) is 3. The van der Waals surface area contributed by atoms with Crippen LogP contribution in [0.25, 0.3) is 0 Å². The molecule has 18 nitrogen and oxygen atoms in total. The highest BCUT2D eigenvalue weighted by atomic mass is 32.2. The number of rotatable bonds is 13. The zero-order valence-corrected chi connectivity index (χ0v) is 29.6. The molecular formula is C30H35N5O13S2. The number of sulfonamides is 1. The molecule has 0 unspecified atom stereocenters. The number of esters is 4. The maximum Gasteiger partial charge on any atom is 0.303 e. The fraction of sp³-hybridized carbons (Fsp3) is 0.433. The summed E-state index contributed by atoms with van der Waals surface area (Å²) in [6.07, 6.45) is -5.58. The number of thioether (sulfide) groups is 1. The van der Waals surface area contributed by atoms with Crippen molar-refractivity contribution >= 4 is 63.1 Å². The minimum absolute atomic E-state index is 0.0440. The monoisotopic (exact) mass is 737 g/mol. The van der Waals surface area contributed by atoms with Gasteiger partial charge in [0.15, 0.2) is 23.7 Å². The zero-order valence-electron chi connectivity index (χ0n) is 27.9. The Hall–Kier alpha value is -5.13. The predicted octanol–water partition coefficient (Wildman–Crippen LogP) is 1.80. The van der Waals surface area contributed by atoms with Gasteiger partial charge in [-0.1, -0.05) is 16.9 Å². The largest absolute Gasteiger partial charge is 0.463 e. The highest BCUT2D eigenvalue weighted by molar-refractivity contribution is 8.03. The van der Waals surface area contributed by atoms with Gasteiger partial charge in [0, 0.05) is 46.0 Å². The summed E-state index contributed by atoms with van der Waals surface area (Å²) in [6, 6.07) is 6.83. The van der Waals surface area contributed by atoms with Crippen molar-refractivity contribution in [3.63, 3.8) is 0 Å². The van der Waals surface area contributed by atoms with Crippen LogP contribution >= 0.6 is 11.8 Å². The lowest BCUT2D eigenvalue weighted by Crippen LogP contribution is -2.61. The Morgan fingerprint density at radius 3 is 2.00 bits per heavy atom. The number of carbonyl (C=O) groups excluding carboxylic acids is 5. The number of nitriles is 1. The second kappa shape index (κ2) is 17.0. The third-order valence-corrected chi connectivity index (χ3v) is 9.38. The van der Waals surface area contributed by atoms with E-state index in [9.17, 15) is 37.7 Å². The van der Waals surface area contributed by atoms with Crippen LogP contribution in [-0.4, -0.2) is 86.9 Å². The molecule has 50 heavy (non-hydrogen) atoms. The van der Waals surface area contributed by atoms with Gasteiger partial charge in [-0.15, -0.1) is 0 Å². The van der Waals surface area contributed by atoms with Gasteiger partial charge in [-0.2, -0.15) is 5.26 Å². The third-order valence-electron chi connectivity index (χ3n) is 6.78. The second-order valence-corrected chi connectivity index (χ2v) is 13.3. The lowest BCUT2D eigenvalue weighted by molar-refractivity contribution is -0.237. The number of ether oxygens (including phenoxy) is 5. The molecule has 3 rings (SSSR count).